The second kappa shape index (κ2) is 4.83. The largest absolute Gasteiger partial charge is 0.293 e. The zero-order valence-electron chi connectivity index (χ0n) is 11.2. The maximum Gasteiger partial charge on any atom is 0.175 e. The summed E-state index contributed by atoms with van der Waals surface area (Å²) in [6, 6.07) is 5.47. The van der Waals surface area contributed by atoms with Crippen LogP contribution in [-0.4, -0.2) is 10.8 Å². The first kappa shape index (κ1) is 14.1. The molecule has 0 fully saturated rings. The summed E-state index contributed by atoms with van der Waals surface area (Å²) in [5, 5.41) is 1.77. The first-order chi connectivity index (χ1) is 9.37. The Morgan fingerprint density at radius 1 is 1.25 bits per heavy atom. The molecule has 0 saturated heterocycles. The molecule has 1 aromatic carbocycles. The van der Waals surface area contributed by atoms with Crippen LogP contribution >= 0.6 is 34.5 Å². The topological polar surface area (TPSA) is 30.0 Å². The van der Waals surface area contributed by atoms with Gasteiger partial charge in [0.25, 0.3) is 0 Å². The molecule has 0 radical (unpaired) electrons. The molecule has 1 aliphatic rings. The molecule has 5 heteroatoms. The molecule has 0 N–H and O–H groups in total. The molecular formula is C15H13Cl2NOS. The van der Waals surface area contributed by atoms with E-state index in [0.29, 0.717) is 16.5 Å². The minimum atomic E-state index is -0.0203. The first-order valence-electron chi connectivity index (χ1n) is 6.35. The quantitative estimate of drug-likeness (QED) is 0.714. The number of carbonyl (C=O) groups is 1. The summed E-state index contributed by atoms with van der Waals surface area (Å²) in [4.78, 5) is 17.6. The van der Waals surface area contributed by atoms with Gasteiger partial charge in [0.2, 0.25) is 0 Å². The van der Waals surface area contributed by atoms with Gasteiger partial charge in [-0.25, -0.2) is 4.98 Å². The normalized spacial score (nSPS) is 17.1. The molecule has 0 aliphatic heterocycles. The van der Waals surface area contributed by atoms with E-state index in [1.165, 1.54) is 11.3 Å². The van der Waals surface area contributed by atoms with Gasteiger partial charge < -0.3 is 0 Å². The van der Waals surface area contributed by atoms with Crippen molar-refractivity contribution in [3.05, 3.63) is 38.8 Å². The van der Waals surface area contributed by atoms with Crippen molar-refractivity contribution in [2.24, 2.45) is 5.41 Å². The summed E-state index contributed by atoms with van der Waals surface area (Å²) in [6.45, 7) is 4.19. The molecule has 0 atom stereocenters. The molecule has 20 heavy (non-hydrogen) atoms. The monoisotopic (exact) mass is 325 g/mol. The molecule has 1 aliphatic carbocycles. The average Bonchev–Trinajstić information content (AvgIpc) is 2.75. The summed E-state index contributed by atoms with van der Waals surface area (Å²) in [6.07, 6.45) is 1.40. The molecular weight excluding hydrogens is 313 g/mol. The molecule has 0 unspecified atom stereocenters. The fourth-order valence-electron chi connectivity index (χ4n) is 2.50. The van der Waals surface area contributed by atoms with Crippen LogP contribution in [0.2, 0.25) is 10.0 Å². The number of hydrogen-bond donors (Lipinski definition) is 0. The molecule has 0 bridgehead atoms. The van der Waals surface area contributed by atoms with E-state index in [0.717, 1.165) is 27.6 Å². The lowest BCUT2D eigenvalue weighted by molar-refractivity contribution is 0.0916. The predicted molar refractivity (Wildman–Crippen MR) is 84.0 cm³/mol. The maximum atomic E-state index is 12.2. The lowest BCUT2D eigenvalue weighted by atomic mass is 9.78. The standard InChI is InChI=1S/C15H13Cl2NOS/c1-15(2)6-10-13(11(19)7-15)20-14(18-10)8-4-3-5-9(16)12(8)17/h3-5H,6-7H2,1-2H3. The van der Waals surface area contributed by atoms with E-state index in [2.05, 4.69) is 18.8 Å². The van der Waals surface area contributed by atoms with E-state index in [4.69, 9.17) is 23.2 Å². The van der Waals surface area contributed by atoms with Crippen molar-refractivity contribution in [3.63, 3.8) is 0 Å². The highest BCUT2D eigenvalue weighted by Gasteiger charge is 2.34. The summed E-state index contributed by atoms with van der Waals surface area (Å²) in [7, 11) is 0. The summed E-state index contributed by atoms with van der Waals surface area (Å²) in [5.74, 6) is 0.179. The Morgan fingerprint density at radius 3 is 2.75 bits per heavy atom. The van der Waals surface area contributed by atoms with E-state index in [1.54, 1.807) is 6.07 Å². The minimum absolute atomic E-state index is 0.0203. The van der Waals surface area contributed by atoms with Crippen molar-refractivity contribution in [1.82, 2.24) is 4.98 Å². The number of ketones is 1. The molecule has 0 spiro atoms. The molecule has 0 saturated carbocycles. The number of aromatic nitrogens is 1. The van der Waals surface area contributed by atoms with Crippen LogP contribution in [0.15, 0.2) is 18.2 Å². The van der Waals surface area contributed by atoms with E-state index in [-0.39, 0.29) is 11.2 Å². The fraction of sp³-hybridized carbons (Fsp3) is 0.333. The van der Waals surface area contributed by atoms with Crippen LogP contribution in [0, 0.1) is 5.41 Å². The summed E-state index contributed by atoms with van der Waals surface area (Å²) >= 11 is 13.7. The second-order valence-electron chi connectivity index (χ2n) is 5.84. The smallest absolute Gasteiger partial charge is 0.175 e. The van der Waals surface area contributed by atoms with Crippen molar-refractivity contribution < 1.29 is 4.79 Å². The zero-order valence-corrected chi connectivity index (χ0v) is 13.5. The molecule has 1 aromatic heterocycles. The third-order valence-corrected chi connectivity index (χ3v) is 5.41. The number of carbonyl (C=O) groups excluding carboxylic acids is 1. The van der Waals surface area contributed by atoms with Gasteiger partial charge in [0.15, 0.2) is 5.78 Å². The van der Waals surface area contributed by atoms with Crippen LogP contribution in [0.3, 0.4) is 0 Å². The Bertz CT molecular complexity index is 706. The van der Waals surface area contributed by atoms with Crippen LogP contribution in [0.25, 0.3) is 10.6 Å². The van der Waals surface area contributed by atoms with Gasteiger partial charge in [-0.15, -0.1) is 11.3 Å². The Labute approximate surface area is 131 Å². The van der Waals surface area contributed by atoms with E-state index in [9.17, 15) is 4.79 Å². The molecule has 1 heterocycles. The van der Waals surface area contributed by atoms with Crippen LogP contribution in [0.5, 0.6) is 0 Å². The van der Waals surface area contributed by atoms with E-state index < -0.39 is 0 Å². The minimum Gasteiger partial charge on any atom is -0.293 e. The Hall–Kier alpha value is -0.900. The fourth-order valence-corrected chi connectivity index (χ4v) is 4.00. The van der Waals surface area contributed by atoms with Gasteiger partial charge in [0, 0.05) is 12.0 Å². The van der Waals surface area contributed by atoms with E-state index >= 15 is 0 Å². The molecule has 2 nitrogen and oxygen atoms in total. The van der Waals surface area contributed by atoms with Crippen molar-refractivity contribution in [2.45, 2.75) is 26.7 Å². The lowest BCUT2D eigenvalue weighted by Crippen LogP contribution is -2.25. The summed E-state index contributed by atoms with van der Waals surface area (Å²) in [5.41, 5.74) is 1.67. The van der Waals surface area contributed by atoms with Crippen LogP contribution < -0.4 is 0 Å². The Kier molecular flexibility index (Phi) is 3.39. The average molecular weight is 326 g/mol. The van der Waals surface area contributed by atoms with Gasteiger partial charge >= 0.3 is 0 Å². The van der Waals surface area contributed by atoms with Gasteiger partial charge in [-0.1, -0.05) is 49.2 Å². The Balaban J connectivity index is 2.11. The maximum absolute atomic E-state index is 12.2. The van der Waals surface area contributed by atoms with Crippen molar-refractivity contribution >= 4 is 40.3 Å². The van der Waals surface area contributed by atoms with E-state index in [1.807, 2.05) is 12.1 Å². The third kappa shape index (κ3) is 2.39. The number of halogens is 2. The van der Waals surface area contributed by atoms with Crippen molar-refractivity contribution in [1.29, 1.82) is 0 Å². The number of hydrogen-bond acceptors (Lipinski definition) is 3. The zero-order chi connectivity index (χ0) is 14.5. The highest BCUT2D eigenvalue weighted by Crippen LogP contribution is 2.41. The predicted octanol–water partition coefficient (Wildman–Crippen LogP) is 5.27. The van der Waals surface area contributed by atoms with Crippen LogP contribution in [0.4, 0.5) is 0 Å². The third-order valence-electron chi connectivity index (χ3n) is 3.42. The van der Waals surface area contributed by atoms with Crippen molar-refractivity contribution in [2.75, 3.05) is 0 Å². The second-order valence-corrected chi connectivity index (χ2v) is 7.62. The number of Topliss-reactive ketones (excluding diaryl/α,β-unsaturated/α-hetero) is 1. The first-order valence-corrected chi connectivity index (χ1v) is 7.92. The number of thiazole rings is 1. The van der Waals surface area contributed by atoms with Gasteiger partial charge in [-0.2, -0.15) is 0 Å². The highest BCUT2D eigenvalue weighted by atomic mass is 35.5. The van der Waals surface area contributed by atoms with Gasteiger partial charge in [-0.05, 0) is 17.9 Å². The van der Waals surface area contributed by atoms with Crippen LogP contribution in [0.1, 0.15) is 35.6 Å². The van der Waals surface area contributed by atoms with Gasteiger partial charge in [-0.3, -0.25) is 4.79 Å². The molecule has 0 amide bonds. The van der Waals surface area contributed by atoms with Gasteiger partial charge in [0.1, 0.15) is 5.01 Å². The van der Waals surface area contributed by atoms with Crippen LogP contribution in [-0.2, 0) is 6.42 Å². The SMILES string of the molecule is CC1(C)CC(=O)c2sc(-c3cccc(Cl)c3Cl)nc2C1. The lowest BCUT2D eigenvalue weighted by Gasteiger charge is -2.26. The number of fused-ring (bicyclic) bond motifs is 1. The summed E-state index contributed by atoms with van der Waals surface area (Å²) < 4.78 is 0. The van der Waals surface area contributed by atoms with Crippen molar-refractivity contribution in [3.8, 4) is 10.6 Å². The number of rotatable bonds is 1. The molecule has 104 valence electrons. The number of nitrogens with zero attached hydrogens (tertiary/aromatic N) is 1. The highest BCUT2D eigenvalue weighted by molar-refractivity contribution is 7.17. The molecule has 3 rings (SSSR count). The molecule has 2 aromatic rings. The van der Waals surface area contributed by atoms with Gasteiger partial charge in [0.05, 0.1) is 20.6 Å². The Morgan fingerprint density at radius 2 is 2.00 bits per heavy atom. The number of benzene rings is 1.